The van der Waals surface area contributed by atoms with Crippen molar-refractivity contribution >= 4 is 23.2 Å². The van der Waals surface area contributed by atoms with E-state index in [2.05, 4.69) is 34.4 Å². The quantitative estimate of drug-likeness (QED) is 0.624. The molecule has 32 heavy (non-hydrogen) atoms. The molecule has 6 heteroatoms. The molecule has 0 spiro atoms. The topological polar surface area (TPSA) is 84.0 Å². The summed E-state index contributed by atoms with van der Waals surface area (Å²) in [5.41, 5.74) is 3.94. The number of allylic oxidation sites excluding steroid dienone is 4. The van der Waals surface area contributed by atoms with Gasteiger partial charge in [0.05, 0.1) is 11.4 Å². The van der Waals surface area contributed by atoms with Crippen LogP contribution in [0.15, 0.2) is 71.3 Å². The molecule has 2 aromatic rings. The zero-order chi connectivity index (χ0) is 23.1. The van der Waals surface area contributed by atoms with Gasteiger partial charge in [-0.3, -0.25) is 9.59 Å². The summed E-state index contributed by atoms with van der Waals surface area (Å²) in [4.78, 5) is 32.2. The van der Waals surface area contributed by atoms with E-state index in [0.29, 0.717) is 0 Å². The summed E-state index contributed by atoms with van der Waals surface area (Å²) in [5.74, 6) is 2.13. The molecule has 0 saturated heterocycles. The van der Waals surface area contributed by atoms with Gasteiger partial charge in [0.15, 0.2) is 11.6 Å². The predicted molar refractivity (Wildman–Crippen MR) is 128 cm³/mol. The smallest absolute Gasteiger partial charge is 0.182 e. The Balaban J connectivity index is 0.000000181. The fourth-order valence-electron chi connectivity index (χ4n) is 4.04. The van der Waals surface area contributed by atoms with Crippen LogP contribution in [0.2, 0.25) is 0 Å². The summed E-state index contributed by atoms with van der Waals surface area (Å²) in [6.07, 6.45) is 7.04. The number of carbonyl (C=O) groups excluding carboxylic acids is 2. The number of hydrogen-bond acceptors (Lipinski definition) is 6. The third kappa shape index (κ3) is 5.49. The van der Waals surface area contributed by atoms with Gasteiger partial charge >= 0.3 is 0 Å². The van der Waals surface area contributed by atoms with Gasteiger partial charge < -0.3 is 10.6 Å². The van der Waals surface area contributed by atoms with Crippen LogP contribution in [0, 0.1) is 11.8 Å². The van der Waals surface area contributed by atoms with Crippen LogP contribution < -0.4 is 10.6 Å². The number of nitrogens with zero attached hydrogens (tertiary/aromatic N) is 2. The molecule has 0 aromatic carbocycles. The monoisotopic (exact) mass is 432 g/mol. The van der Waals surface area contributed by atoms with Crippen molar-refractivity contribution in [3.8, 4) is 0 Å². The Kier molecular flexibility index (Phi) is 7.92. The molecule has 2 aliphatic carbocycles. The number of anilines is 2. The van der Waals surface area contributed by atoms with Crippen molar-refractivity contribution in [1.82, 2.24) is 9.97 Å². The van der Waals surface area contributed by atoms with E-state index in [9.17, 15) is 9.59 Å². The maximum atomic E-state index is 11.9. The van der Waals surface area contributed by atoms with Gasteiger partial charge in [0, 0.05) is 24.2 Å². The van der Waals surface area contributed by atoms with Crippen LogP contribution in [0.1, 0.15) is 53.4 Å². The lowest BCUT2D eigenvalue weighted by molar-refractivity contribution is -0.118. The maximum absolute atomic E-state index is 11.9. The third-order valence-corrected chi connectivity index (χ3v) is 5.89. The minimum atomic E-state index is 0.112. The van der Waals surface area contributed by atoms with Crippen molar-refractivity contribution in [2.75, 3.05) is 10.6 Å². The van der Waals surface area contributed by atoms with Gasteiger partial charge in [0.2, 0.25) is 0 Å². The second-order valence-electron chi connectivity index (χ2n) is 8.28. The number of nitrogens with one attached hydrogen (secondary N) is 2. The average Bonchev–Trinajstić information content (AvgIpc) is 3.25. The predicted octanol–water partition coefficient (Wildman–Crippen LogP) is 5.53. The molecule has 0 saturated carbocycles. The van der Waals surface area contributed by atoms with E-state index in [0.717, 1.165) is 48.7 Å². The fraction of sp³-hybridized carbons (Fsp3) is 0.385. The molecular weight excluding hydrogens is 400 g/mol. The van der Waals surface area contributed by atoms with Gasteiger partial charge in [-0.25, -0.2) is 9.97 Å². The normalized spacial score (nSPS) is 20.4. The molecule has 2 aromatic heterocycles. The van der Waals surface area contributed by atoms with E-state index in [1.165, 1.54) is 11.1 Å². The molecule has 0 bridgehead atoms. The Morgan fingerprint density at radius 2 is 1.16 bits per heavy atom. The lowest BCUT2D eigenvalue weighted by Crippen LogP contribution is -2.13. The average molecular weight is 433 g/mol. The summed E-state index contributed by atoms with van der Waals surface area (Å²) in [7, 11) is 0. The molecule has 0 unspecified atom stereocenters. The molecule has 0 radical (unpaired) electrons. The lowest BCUT2D eigenvalue weighted by Gasteiger charge is -2.07. The number of pyridine rings is 2. The van der Waals surface area contributed by atoms with Crippen molar-refractivity contribution in [3.05, 3.63) is 71.3 Å². The Labute approximate surface area is 190 Å². The minimum Gasteiger partial charge on any atom is -0.337 e. The Morgan fingerprint density at radius 1 is 0.750 bits per heavy atom. The zero-order valence-corrected chi connectivity index (χ0v) is 19.3. The number of hydrogen-bond donors (Lipinski definition) is 2. The maximum Gasteiger partial charge on any atom is 0.182 e. The molecule has 4 rings (SSSR count). The third-order valence-electron chi connectivity index (χ3n) is 5.89. The Bertz CT molecular complexity index is 929. The summed E-state index contributed by atoms with van der Waals surface area (Å²) in [5, 5.41) is 6.28. The van der Waals surface area contributed by atoms with E-state index in [-0.39, 0.29) is 23.4 Å². The van der Waals surface area contributed by atoms with Gasteiger partial charge in [-0.1, -0.05) is 39.8 Å². The Hall–Kier alpha value is -3.28. The SMILES string of the molecule is CCC1=C(Nc2ccccn2)C(=O)[C@@H](C)C1.CCC1=C(Nc2ccccn2)C(=O)[C@H](C)C1. The molecule has 2 heterocycles. The van der Waals surface area contributed by atoms with E-state index < -0.39 is 0 Å². The molecule has 0 amide bonds. The molecular formula is C26H32N4O2. The van der Waals surface area contributed by atoms with Gasteiger partial charge in [-0.15, -0.1) is 0 Å². The fourth-order valence-corrected chi connectivity index (χ4v) is 4.04. The molecule has 2 aliphatic rings. The van der Waals surface area contributed by atoms with E-state index in [4.69, 9.17) is 0 Å². The summed E-state index contributed by atoms with van der Waals surface area (Å²) in [6, 6.07) is 11.3. The minimum absolute atomic E-state index is 0.112. The highest BCUT2D eigenvalue weighted by Gasteiger charge is 2.29. The highest BCUT2D eigenvalue weighted by atomic mass is 16.1. The van der Waals surface area contributed by atoms with Gasteiger partial charge in [0.1, 0.15) is 11.6 Å². The van der Waals surface area contributed by atoms with Gasteiger partial charge in [-0.05, 0) is 61.1 Å². The standard InChI is InChI=1S/2C13H16N2O/c2*1-3-10-8-9(2)13(16)12(10)15-11-6-4-5-7-14-11/h2*4-7,9H,3,8H2,1-2H3,(H,14,15)/t2*9-/m10/s1. The molecule has 2 atom stereocenters. The van der Waals surface area contributed by atoms with Crippen molar-refractivity contribution in [2.24, 2.45) is 11.8 Å². The number of ketones is 2. The zero-order valence-electron chi connectivity index (χ0n) is 19.3. The molecule has 6 nitrogen and oxygen atoms in total. The van der Waals surface area contributed by atoms with E-state index in [1.807, 2.05) is 50.2 Å². The first kappa shape index (κ1) is 23.4. The van der Waals surface area contributed by atoms with Crippen LogP contribution in [0.4, 0.5) is 11.6 Å². The number of aromatic nitrogens is 2. The molecule has 2 N–H and O–H groups in total. The number of Topliss-reactive ketones (excluding diaryl/α,β-unsaturated/α-hetero) is 2. The summed E-state index contributed by atoms with van der Waals surface area (Å²) in [6.45, 7) is 8.12. The van der Waals surface area contributed by atoms with Crippen molar-refractivity contribution in [2.45, 2.75) is 53.4 Å². The molecule has 168 valence electrons. The first-order chi connectivity index (χ1) is 15.4. The van der Waals surface area contributed by atoms with Crippen LogP contribution >= 0.6 is 0 Å². The molecule has 0 aliphatic heterocycles. The van der Waals surface area contributed by atoms with Crippen LogP contribution in [0.25, 0.3) is 0 Å². The van der Waals surface area contributed by atoms with Crippen molar-refractivity contribution in [1.29, 1.82) is 0 Å². The largest absolute Gasteiger partial charge is 0.337 e. The van der Waals surface area contributed by atoms with E-state index >= 15 is 0 Å². The highest BCUT2D eigenvalue weighted by Crippen LogP contribution is 2.31. The van der Waals surface area contributed by atoms with Crippen LogP contribution in [0.3, 0.4) is 0 Å². The first-order valence-electron chi connectivity index (χ1n) is 11.3. The van der Waals surface area contributed by atoms with Crippen LogP contribution in [-0.4, -0.2) is 21.5 Å². The number of carbonyl (C=O) groups is 2. The van der Waals surface area contributed by atoms with E-state index in [1.54, 1.807) is 12.4 Å². The van der Waals surface area contributed by atoms with Crippen molar-refractivity contribution < 1.29 is 9.59 Å². The number of rotatable bonds is 6. The Morgan fingerprint density at radius 3 is 1.47 bits per heavy atom. The molecule has 0 fully saturated rings. The van der Waals surface area contributed by atoms with Gasteiger partial charge in [0.25, 0.3) is 0 Å². The second kappa shape index (κ2) is 10.8. The first-order valence-corrected chi connectivity index (χ1v) is 11.3. The highest BCUT2D eigenvalue weighted by molar-refractivity contribution is 6.03. The van der Waals surface area contributed by atoms with Gasteiger partial charge in [-0.2, -0.15) is 0 Å². The van der Waals surface area contributed by atoms with Crippen LogP contribution in [0.5, 0.6) is 0 Å². The second-order valence-corrected chi connectivity index (χ2v) is 8.28. The lowest BCUT2D eigenvalue weighted by atomic mass is 10.1. The summed E-state index contributed by atoms with van der Waals surface area (Å²) < 4.78 is 0. The van der Waals surface area contributed by atoms with Crippen LogP contribution in [-0.2, 0) is 9.59 Å². The van der Waals surface area contributed by atoms with Crippen molar-refractivity contribution in [3.63, 3.8) is 0 Å². The summed E-state index contributed by atoms with van der Waals surface area (Å²) >= 11 is 0.